The predicted molar refractivity (Wildman–Crippen MR) is 51.2 cm³/mol. The van der Waals surface area contributed by atoms with Crippen molar-refractivity contribution in [1.29, 1.82) is 0 Å². The highest BCUT2D eigenvalue weighted by molar-refractivity contribution is 5.77. The van der Waals surface area contributed by atoms with Gasteiger partial charge in [-0.1, -0.05) is 13.0 Å². The zero-order valence-corrected chi connectivity index (χ0v) is 8.07. The molecule has 1 fully saturated rings. The smallest absolute Gasteiger partial charge is 0.226 e. The monoisotopic (exact) mass is 183 g/mol. The largest absolute Gasteiger partial charge is 0.391 e. The summed E-state index contributed by atoms with van der Waals surface area (Å²) in [5.41, 5.74) is 0. The first-order valence-corrected chi connectivity index (χ1v) is 4.70. The molecule has 0 saturated carbocycles. The Kier molecular flexibility index (Phi) is 3.48. The van der Waals surface area contributed by atoms with Gasteiger partial charge in [0.05, 0.1) is 6.10 Å². The van der Waals surface area contributed by atoms with Crippen LogP contribution >= 0.6 is 0 Å². The van der Waals surface area contributed by atoms with Crippen molar-refractivity contribution in [2.75, 3.05) is 13.1 Å². The summed E-state index contributed by atoms with van der Waals surface area (Å²) in [7, 11) is 0. The van der Waals surface area contributed by atoms with Crippen LogP contribution in [0.5, 0.6) is 0 Å². The molecule has 2 unspecified atom stereocenters. The number of aliphatic hydroxyl groups is 1. The number of nitrogens with zero attached hydrogens (tertiary/aromatic N) is 1. The van der Waals surface area contributed by atoms with Gasteiger partial charge in [0.1, 0.15) is 0 Å². The molecule has 1 aliphatic heterocycles. The first-order chi connectivity index (χ1) is 6.13. The Morgan fingerprint density at radius 1 is 1.69 bits per heavy atom. The van der Waals surface area contributed by atoms with E-state index >= 15 is 0 Å². The lowest BCUT2D eigenvalue weighted by molar-refractivity contribution is -0.134. The summed E-state index contributed by atoms with van der Waals surface area (Å²) < 4.78 is 0. The van der Waals surface area contributed by atoms with E-state index in [1.807, 2.05) is 0 Å². The third-order valence-electron chi connectivity index (χ3n) is 2.31. The number of carbonyl (C=O) groups excluding carboxylic acids is 1. The second-order valence-electron chi connectivity index (χ2n) is 3.79. The zero-order valence-electron chi connectivity index (χ0n) is 8.07. The summed E-state index contributed by atoms with van der Waals surface area (Å²) in [6.45, 7) is 6.83. The summed E-state index contributed by atoms with van der Waals surface area (Å²) in [4.78, 5) is 13.2. The summed E-state index contributed by atoms with van der Waals surface area (Å²) in [5.74, 6) is 0.470. The van der Waals surface area contributed by atoms with Gasteiger partial charge in [-0.25, -0.2) is 0 Å². The molecule has 0 aromatic heterocycles. The van der Waals surface area contributed by atoms with E-state index in [1.54, 1.807) is 11.0 Å². The van der Waals surface area contributed by atoms with Crippen LogP contribution in [0.3, 0.4) is 0 Å². The fourth-order valence-electron chi connectivity index (χ4n) is 1.77. The highest BCUT2D eigenvalue weighted by atomic mass is 16.3. The Labute approximate surface area is 79.0 Å². The molecular formula is C10H17NO2. The molecule has 2 atom stereocenters. The van der Waals surface area contributed by atoms with Gasteiger partial charge < -0.3 is 10.0 Å². The number of β-amino-alcohol motifs (C(OH)–C–C–N with tert-alkyl or cyclic N) is 1. The van der Waals surface area contributed by atoms with E-state index in [4.69, 9.17) is 0 Å². The molecule has 1 saturated heterocycles. The minimum atomic E-state index is -0.350. The summed E-state index contributed by atoms with van der Waals surface area (Å²) in [5, 5.41) is 9.45. The lowest BCUT2D eigenvalue weighted by Gasteiger charge is -2.34. The molecule has 74 valence electrons. The Morgan fingerprint density at radius 3 is 2.92 bits per heavy atom. The van der Waals surface area contributed by atoms with Gasteiger partial charge >= 0.3 is 0 Å². The third kappa shape index (κ3) is 2.84. The third-order valence-corrected chi connectivity index (χ3v) is 2.31. The van der Waals surface area contributed by atoms with Crippen LogP contribution in [-0.4, -0.2) is 35.1 Å². The number of piperidine rings is 1. The molecule has 0 aliphatic carbocycles. The molecule has 0 aromatic carbocycles. The molecule has 1 aliphatic rings. The van der Waals surface area contributed by atoms with Crippen LogP contribution in [0.1, 0.15) is 19.8 Å². The highest BCUT2D eigenvalue weighted by Gasteiger charge is 2.25. The van der Waals surface area contributed by atoms with Crippen molar-refractivity contribution in [3.8, 4) is 0 Å². The first kappa shape index (κ1) is 10.3. The van der Waals surface area contributed by atoms with Crippen molar-refractivity contribution in [1.82, 2.24) is 4.90 Å². The summed E-state index contributed by atoms with van der Waals surface area (Å²) in [6, 6.07) is 0. The standard InChI is InChI=1S/C10H17NO2/c1-3-4-10(13)11-6-8(2)5-9(12)7-11/h3,8-9,12H,1,4-7H2,2H3. The number of aliphatic hydroxyl groups excluding tert-OH is 1. The van der Waals surface area contributed by atoms with Crippen LogP contribution in [0.25, 0.3) is 0 Å². The molecule has 3 nitrogen and oxygen atoms in total. The van der Waals surface area contributed by atoms with E-state index in [0.29, 0.717) is 18.9 Å². The maximum Gasteiger partial charge on any atom is 0.226 e. The minimum Gasteiger partial charge on any atom is -0.391 e. The Balaban J connectivity index is 2.49. The van der Waals surface area contributed by atoms with Crippen molar-refractivity contribution >= 4 is 5.91 Å². The Hall–Kier alpha value is -0.830. The van der Waals surface area contributed by atoms with Crippen LogP contribution in [-0.2, 0) is 4.79 Å². The van der Waals surface area contributed by atoms with Gasteiger partial charge in [0, 0.05) is 19.5 Å². The van der Waals surface area contributed by atoms with Crippen molar-refractivity contribution in [3.63, 3.8) is 0 Å². The summed E-state index contributed by atoms with van der Waals surface area (Å²) >= 11 is 0. The number of rotatable bonds is 2. The average Bonchev–Trinajstić information content (AvgIpc) is 2.03. The SMILES string of the molecule is C=CCC(=O)N1CC(C)CC(O)C1. The molecule has 1 amide bonds. The number of amides is 1. The van der Waals surface area contributed by atoms with Crippen molar-refractivity contribution in [3.05, 3.63) is 12.7 Å². The lowest BCUT2D eigenvalue weighted by Crippen LogP contribution is -2.45. The fraction of sp³-hybridized carbons (Fsp3) is 0.700. The van der Waals surface area contributed by atoms with Crippen LogP contribution in [0, 0.1) is 5.92 Å². The molecule has 1 heterocycles. The van der Waals surface area contributed by atoms with Crippen LogP contribution in [0.15, 0.2) is 12.7 Å². The van der Waals surface area contributed by atoms with E-state index < -0.39 is 0 Å². The van der Waals surface area contributed by atoms with Crippen molar-refractivity contribution in [2.24, 2.45) is 5.92 Å². The zero-order chi connectivity index (χ0) is 9.84. The first-order valence-electron chi connectivity index (χ1n) is 4.70. The fourth-order valence-corrected chi connectivity index (χ4v) is 1.77. The van der Waals surface area contributed by atoms with Gasteiger partial charge in [0.25, 0.3) is 0 Å². The van der Waals surface area contributed by atoms with Crippen LogP contribution in [0.2, 0.25) is 0 Å². The molecular weight excluding hydrogens is 166 g/mol. The Bertz CT molecular complexity index is 193. The lowest BCUT2D eigenvalue weighted by atomic mass is 9.98. The average molecular weight is 183 g/mol. The van der Waals surface area contributed by atoms with Crippen molar-refractivity contribution in [2.45, 2.75) is 25.9 Å². The molecule has 0 spiro atoms. The van der Waals surface area contributed by atoms with Gasteiger partial charge in [-0.05, 0) is 12.3 Å². The molecule has 0 bridgehead atoms. The van der Waals surface area contributed by atoms with E-state index in [1.165, 1.54) is 0 Å². The van der Waals surface area contributed by atoms with Crippen molar-refractivity contribution < 1.29 is 9.90 Å². The van der Waals surface area contributed by atoms with E-state index in [2.05, 4.69) is 13.5 Å². The van der Waals surface area contributed by atoms with Gasteiger partial charge in [-0.2, -0.15) is 0 Å². The van der Waals surface area contributed by atoms with Gasteiger partial charge in [-0.15, -0.1) is 6.58 Å². The van der Waals surface area contributed by atoms with E-state index in [-0.39, 0.29) is 12.0 Å². The molecule has 13 heavy (non-hydrogen) atoms. The highest BCUT2D eigenvalue weighted by Crippen LogP contribution is 2.16. The normalized spacial score (nSPS) is 28.6. The second kappa shape index (κ2) is 4.42. The van der Waals surface area contributed by atoms with Gasteiger partial charge in [0.2, 0.25) is 5.91 Å². The number of hydrogen-bond acceptors (Lipinski definition) is 2. The summed E-state index contributed by atoms with van der Waals surface area (Å²) in [6.07, 6.45) is 2.43. The number of carbonyl (C=O) groups is 1. The second-order valence-corrected chi connectivity index (χ2v) is 3.79. The topological polar surface area (TPSA) is 40.5 Å². The van der Waals surface area contributed by atoms with E-state index in [0.717, 1.165) is 13.0 Å². The van der Waals surface area contributed by atoms with Gasteiger partial charge in [-0.3, -0.25) is 4.79 Å². The van der Waals surface area contributed by atoms with Crippen LogP contribution in [0.4, 0.5) is 0 Å². The molecule has 0 radical (unpaired) electrons. The molecule has 3 heteroatoms. The number of hydrogen-bond donors (Lipinski definition) is 1. The quantitative estimate of drug-likeness (QED) is 0.643. The predicted octanol–water partition coefficient (Wildman–Crippen LogP) is 0.792. The Morgan fingerprint density at radius 2 is 2.38 bits per heavy atom. The maximum atomic E-state index is 11.4. The molecule has 1 N–H and O–H groups in total. The van der Waals surface area contributed by atoms with E-state index in [9.17, 15) is 9.90 Å². The number of likely N-dealkylation sites (tertiary alicyclic amines) is 1. The molecule has 0 aromatic rings. The van der Waals surface area contributed by atoms with Crippen LogP contribution < -0.4 is 0 Å². The minimum absolute atomic E-state index is 0.0700. The van der Waals surface area contributed by atoms with Gasteiger partial charge in [0.15, 0.2) is 0 Å². The molecule has 1 rings (SSSR count). The maximum absolute atomic E-state index is 11.4.